The van der Waals surface area contributed by atoms with Gasteiger partial charge in [-0.15, -0.1) is 0 Å². The SMILES string of the molecule is CCC(=O)N1CC(NC(=O)c2ccc(-n3ccccc3=O)cc2)CC1C(N)=O. The molecule has 146 valence electrons. The van der Waals surface area contributed by atoms with Gasteiger partial charge in [0.2, 0.25) is 11.8 Å². The highest BCUT2D eigenvalue weighted by molar-refractivity contribution is 5.95. The summed E-state index contributed by atoms with van der Waals surface area (Å²) in [7, 11) is 0. The van der Waals surface area contributed by atoms with Crippen LogP contribution in [0.4, 0.5) is 0 Å². The van der Waals surface area contributed by atoms with Gasteiger partial charge in [0.1, 0.15) is 6.04 Å². The van der Waals surface area contributed by atoms with Gasteiger partial charge in [0.05, 0.1) is 0 Å². The molecule has 3 rings (SSSR count). The molecule has 8 nitrogen and oxygen atoms in total. The molecule has 0 saturated carbocycles. The fraction of sp³-hybridized carbons (Fsp3) is 0.300. The molecule has 0 spiro atoms. The molecule has 1 saturated heterocycles. The van der Waals surface area contributed by atoms with Crippen LogP contribution in [0.2, 0.25) is 0 Å². The van der Waals surface area contributed by atoms with Crippen LogP contribution in [-0.2, 0) is 9.59 Å². The van der Waals surface area contributed by atoms with E-state index in [4.69, 9.17) is 5.73 Å². The van der Waals surface area contributed by atoms with E-state index < -0.39 is 11.9 Å². The lowest BCUT2D eigenvalue weighted by atomic mass is 10.1. The Labute approximate surface area is 161 Å². The highest BCUT2D eigenvalue weighted by Gasteiger charge is 2.38. The van der Waals surface area contributed by atoms with E-state index in [0.29, 0.717) is 17.7 Å². The normalized spacial score (nSPS) is 18.7. The molecule has 1 fully saturated rings. The number of nitrogens with zero attached hydrogens (tertiary/aromatic N) is 2. The minimum atomic E-state index is -0.704. The standard InChI is InChI=1S/C20H22N4O4/c1-2-17(25)24-12-14(11-16(24)19(21)27)22-20(28)13-6-8-15(9-7-13)23-10-4-3-5-18(23)26/h3-10,14,16H,2,11-12H2,1H3,(H2,21,27)(H,22,28). The Morgan fingerprint density at radius 3 is 2.46 bits per heavy atom. The maximum atomic E-state index is 12.5. The number of hydrogen-bond donors (Lipinski definition) is 2. The molecule has 2 unspecified atom stereocenters. The van der Waals surface area contributed by atoms with Crippen LogP contribution >= 0.6 is 0 Å². The third-order valence-corrected chi connectivity index (χ3v) is 4.82. The lowest BCUT2D eigenvalue weighted by molar-refractivity contribution is -0.137. The van der Waals surface area contributed by atoms with Crippen molar-refractivity contribution < 1.29 is 14.4 Å². The third-order valence-electron chi connectivity index (χ3n) is 4.82. The van der Waals surface area contributed by atoms with Crippen molar-refractivity contribution in [2.75, 3.05) is 6.54 Å². The molecular formula is C20H22N4O4. The summed E-state index contributed by atoms with van der Waals surface area (Å²) in [5.41, 5.74) is 6.30. The van der Waals surface area contributed by atoms with Crippen LogP contribution in [0.3, 0.4) is 0 Å². The molecule has 0 bridgehead atoms. The van der Waals surface area contributed by atoms with E-state index in [1.165, 1.54) is 15.5 Å². The zero-order valence-corrected chi connectivity index (χ0v) is 15.5. The molecule has 0 radical (unpaired) electrons. The van der Waals surface area contributed by atoms with Gasteiger partial charge in [-0.05, 0) is 36.8 Å². The molecule has 1 aromatic heterocycles. The Balaban J connectivity index is 1.70. The van der Waals surface area contributed by atoms with Gasteiger partial charge in [0.25, 0.3) is 11.5 Å². The van der Waals surface area contributed by atoms with Crippen LogP contribution in [-0.4, -0.2) is 45.8 Å². The lowest BCUT2D eigenvalue weighted by Crippen LogP contribution is -2.43. The minimum Gasteiger partial charge on any atom is -0.368 e. The second kappa shape index (κ2) is 8.08. The number of amides is 3. The molecule has 1 aromatic carbocycles. The number of nitrogens with one attached hydrogen (secondary N) is 1. The summed E-state index contributed by atoms with van der Waals surface area (Å²) in [5, 5.41) is 2.85. The first-order valence-corrected chi connectivity index (χ1v) is 9.08. The van der Waals surface area contributed by atoms with Gasteiger partial charge in [-0.25, -0.2) is 0 Å². The maximum absolute atomic E-state index is 12.5. The van der Waals surface area contributed by atoms with Gasteiger partial charge in [-0.2, -0.15) is 0 Å². The second-order valence-corrected chi connectivity index (χ2v) is 6.68. The first-order valence-electron chi connectivity index (χ1n) is 9.08. The number of hydrogen-bond acceptors (Lipinski definition) is 4. The van der Waals surface area contributed by atoms with Gasteiger partial charge in [-0.3, -0.25) is 23.7 Å². The van der Waals surface area contributed by atoms with Gasteiger partial charge >= 0.3 is 0 Å². The van der Waals surface area contributed by atoms with E-state index >= 15 is 0 Å². The summed E-state index contributed by atoms with van der Waals surface area (Å²) in [6, 6.07) is 10.4. The number of carbonyl (C=O) groups excluding carboxylic acids is 3. The molecule has 2 atom stereocenters. The smallest absolute Gasteiger partial charge is 0.255 e. The third kappa shape index (κ3) is 3.95. The Hall–Kier alpha value is -3.42. The number of benzene rings is 1. The average Bonchev–Trinajstić information content (AvgIpc) is 3.12. The summed E-state index contributed by atoms with van der Waals surface area (Å²) in [5.74, 6) is -1.06. The zero-order valence-electron chi connectivity index (χ0n) is 15.5. The van der Waals surface area contributed by atoms with Crippen LogP contribution in [0.25, 0.3) is 5.69 Å². The van der Waals surface area contributed by atoms with Crippen molar-refractivity contribution in [1.82, 2.24) is 14.8 Å². The number of rotatable bonds is 5. The van der Waals surface area contributed by atoms with Crippen molar-refractivity contribution in [3.63, 3.8) is 0 Å². The van der Waals surface area contributed by atoms with Crippen LogP contribution in [0.15, 0.2) is 53.5 Å². The van der Waals surface area contributed by atoms with Gasteiger partial charge in [0.15, 0.2) is 0 Å². The van der Waals surface area contributed by atoms with Crippen molar-refractivity contribution >= 4 is 17.7 Å². The molecule has 2 heterocycles. The van der Waals surface area contributed by atoms with Crippen LogP contribution in [0, 0.1) is 0 Å². The summed E-state index contributed by atoms with van der Waals surface area (Å²) < 4.78 is 1.48. The number of primary amides is 1. The van der Waals surface area contributed by atoms with E-state index in [1.54, 1.807) is 49.5 Å². The van der Waals surface area contributed by atoms with Gasteiger partial charge in [-0.1, -0.05) is 13.0 Å². The zero-order chi connectivity index (χ0) is 20.3. The predicted molar refractivity (Wildman–Crippen MR) is 103 cm³/mol. The van der Waals surface area contributed by atoms with Gasteiger partial charge in [0, 0.05) is 42.5 Å². The Morgan fingerprint density at radius 2 is 1.86 bits per heavy atom. The monoisotopic (exact) mass is 382 g/mol. The summed E-state index contributed by atoms with van der Waals surface area (Å²) in [6.45, 7) is 1.97. The summed E-state index contributed by atoms with van der Waals surface area (Å²) >= 11 is 0. The van der Waals surface area contributed by atoms with E-state index in [9.17, 15) is 19.2 Å². The van der Waals surface area contributed by atoms with Crippen molar-refractivity contribution in [1.29, 1.82) is 0 Å². The van der Waals surface area contributed by atoms with Crippen LogP contribution < -0.4 is 16.6 Å². The minimum absolute atomic E-state index is 0.163. The average molecular weight is 382 g/mol. The molecule has 3 N–H and O–H groups in total. The van der Waals surface area contributed by atoms with Crippen molar-refractivity contribution in [2.24, 2.45) is 5.73 Å². The molecule has 1 aliphatic heterocycles. The highest BCUT2D eigenvalue weighted by atomic mass is 16.2. The molecule has 2 aromatic rings. The predicted octanol–water partition coefficient (Wildman–Crippen LogP) is 0.432. The van der Waals surface area contributed by atoms with Crippen molar-refractivity contribution in [3.8, 4) is 5.69 Å². The Kier molecular flexibility index (Phi) is 5.58. The topological polar surface area (TPSA) is 114 Å². The van der Waals surface area contributed by atoms with Crippen LogP contribution in [0.1, 0.15) is 30.1 Å². The second-order valence-electron chi connectivity index (χ2n) is 6.68. The first kappa shape index (κ1) is 19.3. The quantitative estimate of drug-likeness (QED) is 0.780. The molecule has 3 amide bonds. The Bertz CT molecular complexity index is 951. The highest BCUT2D eigenvalue weighted by Crippen LogP contribution is 2.19. The fourth-order valence-electron chi connectivity index (χ4n) is 3.37. The Morgan fingerprint density at radius 1 is 1.14 bits per heavy atom. The summed E-state index contributed by atoms with van der Waals surface area (Å²) in [6.07, 6.45) is 2.22. The van der Waals surface area contributed by atoms with E-state index in [1.807, 2.05) is 0 Å². The number of likely N-dealkylation sites (tertiary alicyclic amines) is 1. The van der Waals surface area contributed by atoms with E-state index in [2.05, 4.69) is 5.32 Å². The largest absolute Gasteiger partial charge is 0.368 e. The first-order chi connectivity index (χ1) is 13.4. The number of carbonyl (C=O) groups is 3. The number of nitrogens with two attached hydrogens (primary N) is 1. The van der Waals surface area contributed by atoms with Crippen molar-refractivity contribution in [2.45, 2.75) is 31.8 Å². The van der Waals surface area contributed by atoms with E-state index in [-0.39, 0.29) is 36.4 Å². The molecule has 0 aliphatic carbocycles. The lowest BCUT2D eigenvalue weighted by Gasteiger charge is -2.21. The maximum Gasteiger partial charge on any atom is 0.255 e. The molecule has 28 heavy (non-hydrogen) atoms. The molecule has 8 heteroatoms. The molecule has 1 aliphatic rings. The number of aromatic nitrogens is 1. The van der Waals surface area contributed by atoms with Gasteiger partial charge < -0.3 is 16.0 Å². The summed E-state index contributed by atoms with van der Waals surface area (Å²) in [4.78, 5) is 49.5. The van der Waals surface area contributed by atoms with Crippen LogP contribution in [0.5, 0.6) is 0 Å². The van der Waals surface area contributed by atoms with Crippen molar-refractivity contribution in [3.05, 3.63) is 64.6 Å². The molecular weight excluding hydrogens is 360 g/mol. The van der Waals surface area contributed by atoms with E-state index in [0.717, 1.165) is 0 Å². The fourth-order valence-corrected chi connectivity index (χ4v) is 3.37. The number of pyridine rings is 1.